The van der Waals surface area contributed by atoms with Gasteiger partial charge in [-0.1, -0.05) is 40.5 Å². The first-order chi connectivity index (χ1) is 12.9. The van der Waals surface area contributed by atoms with Crippen molar-refractivity contribution in [2.45, 2.75) is 26.1 Å². The van der Waals surface area contributed by atoms with Crippen LogP contribution in [-0.2, 0) is 21.5 Å². The minimum Gasteiger partial charge on any atom is -0.388 e. The fraction of sp³-hybridized carbons (Fsp3) is 0.235. The molecule has 0 heterocycles. The van der Waals surface area contributed by atoms with Crippen LogP contribution >= 0.6 is 23.2 Å². The highest BCUT2D eigenvalue weighted by Gasteiger charge is 2.34. The molecule has 1 N–H and O–H groups in total. The molecule has 0 bridgehead atoms. The molecule has 0 saturated heterocycles. The molecule has 1 unspecified atom stereocenters. The van der Waals surface area contributed by atoms with Gasteiger partial charge in [0.25, 0.3) is 0 Å². The molecule has 0 aromatic heterocycles. The molecule has 2 aromatic rings. The highest BCUT2D eigenvalue weighted by Crippen LogP contribution is 2.34. The maximum Gasteiger partial charge on any atom is 0.417 e. The molecule has 0 fully saturated rings. The van der Waals surface area contributed by atoms with Gasteiger partial charge in [0.05, 0.1) is 11.3 Å². The van der Waals surface area contributed by atoms with Gasteiger partial charge in [-0.05, 0) is 49.7 Å². The summed E-state index contributed by atoms with van der Waals surface area (Å²) in [5.74, 6) is 0. The van der Waals surface area contributed by atoms with Gasteiger partial charge < -0.3 is 4.84 Å². The molecule has 0 spiro atoms. The van der Waals surface area contributed by atoms with Crippen LogP contribution in [0, 0.1) is 4.78 Å². The van der Waals surface area contributed by atoms with Gasteiger partial charge >= 0.3 is 16.7 Å². The zero-order chi connectivity index (χ0) is 21.5. The van der Waals surface area contributed by atoms with Crippen molar-refractivity contribution in [1.82, 2.24) is 0 Å². The summed E-state index contributed by atoms with van der Waals surface area (Å²) in [4.78, 5) is 5.33. The molecule has 28 heavy (non-hydrogen) atoms. The Balaban J connectivity index is 0.000000892. The minimum atomic E-state index is -4.50. The lowest BCUT2D eigenvalue weighted by Gasteiger charge is -2.14. The number of alkyl halides is 3. The Kier molecular flexibility index (Phi) is 8.93. The third-order valence-electron chi connectivity index (χ3n) is 3.36. The Morgan fingerprint density at radius 3 is 2.11 bits per heavy atom. The van der Waals surface area contributed by atoms with Gasteiger partial charge in [-0.2, -0.15) is 26.4 Å². The van der Waals surface area contributed by atoms with E-state index >= 15 is 0 Å². The van der Waals surface area contributed by atoms with Crippen molar-refractivity contribution >= 4 is 39.4 Å². The number of nitrogens with one attached hydrogen (secondary N) is 1. The largest absolute Gasteiger partial charge is 0.417 e. The Hall–Kier alpha value is -2.10. The van der Waals surface area contributed by atoms with Gasteiger partial charge in [0.1, 0.15) is 6.10 Å². The Morgan fingerprint density at radius 1 is 1.11 bits per heavy atom. The summed E-state index contributed by atoms with van der Waals surface area (Å²) in [5.41, 5.74) is -0.0297. The molecule has 0 radical (unpaired) electrons. The second-order valence-corrected chi connectivity index (χ2v) is 6.74. The SMILES string of the molecule is C/C(=N\OC(C)c1ccc(Cl)cc1)c1cc(Cl)ccc1C(F)(F)F.N=S(=O)=O. The smallest absolute Gasteiger partial charge is 0.388 e. The molecular weight excluding hydrogens is 440 g/mol. The number of rotatable bonds is 4. The van der Waals surface area contributed by atoms with Crippen LogP contribution in [0.1, 0.15) is 36.6 Å². The summed E-state index contributed by atoms with van der Waals surface area (Å²) in [6, 6.07) is 10.3. The molecule has 11 heteroatoms. The van der Waals surface area contributed by atoms with Gasteiger partial charge in [0.2, 0.25) is 0 Å². The van der Waals surface area contributed by atoms with Crippen LogP contribution in [0.4, 0.5) is 13.2 Å². The Labute approximate surface area is 171 Å². The van der Waals surface area contributed by atoms with Crippen LogP contribution in [0.5, 0.6) is 0 Å². The van der Waals surface area contributed by atoms with Crippen molar-refractivity contribution in [3.8, 4) is 0 Å². The summed E-state index contributed by atoms with van der Waals surface area (Å²) in [7, 11) is -2.61. The van der Waals surface area contributed by atoms with Crippen molar-refractivity contribution in [3.05, 3.63) is 69.2 Å². The number of hydrogen-bond donors (Lipinski definition) is 1. The van der Waals surface area contributed by atoms with Crippen molar-refractivity contribution in [3.63, 3.8) is 0 Å². The molecule has 0 aliphatic heterocycles. The summed E-state index contributed by atoms with van der Waals surface area (Å²) in [6.45, 7) is 3.18. The van der Waals surface area contributed by atoms with E-state index in [1.807, 2.05) is 0 Å². The summed E-state index contributed by atoms with van der Waals surface area (Å²) in [6.07, 6.45) is -4.94. The lowest BCUT2D eigenvalue weighted by atomic mass is 10.0. The Bertz CT molecular complexity index is 941. The molecule has 0 amide bonds. The van der Waals surface area contributed by atoms with Gasteiger partial charge in [-0.3, -0.25) is 0 Å². The van der Waals surface area contributed by atoms with Crippen LogP contribution in [0.3, 0.4) is 0 Å². The maximum absolute atomic E-state index is 13.1. The predicted octanol–water partition coefficient (Wildman–Crippen LogP) is 6.14. The standard InChI is InChI=1S/C17H14Cl2F3NO.HNO2S/c1-10(15-9-14(19)7-8-16(15)17(20,21)22)23-24-11(2)12-3-5-13(18)6-4-12;1-4(2)3/h3-9,11H,1-2H3;1H/b23-10+;. The van der Waals surface area contributed by atoms with Gasteiger partial charge in [0.15, 0.2) is 0 Å². The molecule has 1 atom stereocenters. The van der Waals surface area contributed by atoms with Crippen molar-refractivity contribution in [1.29, 1.82) is 4.78 Å². The molecular formula is C17H15Cl2F3N2O3S. The second kappa shape index (κ2) is 10.4. The number of halogens is 5. The quantitative estimate of drug-likeness (QED) is 0.444. The maximum atomic E-state index is 13.1. The van der Waals surface area contributed by atoms with Gasteiger partial charge in [-0.15, -0.1) is 0 Å². The third kappa shape index (κ3) is 7.87. The van der Waals surface area contributed by atoms with E-state index in [0.717, 1.165) is 11.6 Å². The number of benzene rings is 2. The molecule has 2 aromatic carbocycles. The van der Waals surface area contributed by atoms with E-state index < -0.39 is 28.3 Å². The zero-order valence-corrected chi connectivity index (χ0v) is 16.9. The van der Waals surface area contributed by atoms with Crippen molar-refractivity contribution < 1.29 is 26.4 Å². The Morgan fingerprint density at radius 2 is 1.61 bits per heavy atom. The molecule has 0 aliphatic carbocycles. The van der Waals surface area contributed by atoms with Crippen molar-refractivity contribution in [2.24, 2.45) is 5.16 Å². The average Bonchev–Trinajstić information content (AvgIpc) is 2.58. The summed E-state index contributed by atoms with van der Waals surface area (Å²) in [5, 5.41) is 4.61. The molecule has 0 aliphatic rings. The fourth-order valence-corrected chi connectivity index (χ4v) is 2.36. The monoisotopic (exact) mass is 454 g/mol. The molecule has 152 valence electrons. The number of hydrogen-bond acceptors (Lipinski definition) is 5. The highest BCUT2D eigenvalue weighted by molar-refractivity contribution is 7.60. The lowest BCUT2D eigenvalue weighted by Crippen LogP contribution is -2.12. The van der Waals surface area contributed by atoms with Crippen LogP contribution < -0.4 is 0 Å². The van der Waals surface area contributed by atoms with E-state index in [1.165, 1.54) is 19.1 Å². The van der Waals surface area contributed by atoms with Gasteiger partial charge in [0, 0.05) is 15.6 Å². The normalized spacial score (nSPS) is 12.6. The predicted molar refractivity (Wildman–Crippen MR) is 101 cm³/mol. The molecule has 5 nitrogen and oxygen atoms in total. The molecule has 2 rings (SSSR count). The first-order valence-electron chi connectivity index (χ1n) is 7.55. The second-order valence-electron chi connectivity index (χ2n) is 5.40. The summed E-state index contributed by atoms with van der Waals surface area (Å²) >= 11 is 11.6. The molecule has 0 saturated carbocycles. The van der Waals surface area contributed by atoms with E-state index in [9.17, 15) is 13.2 Å². The number of nitrogens with zero attached hydrogens (tertiary/aromatic N) is 1. The number of oxime groups is 1. The summed E-state index contributed by atoms with van der Waals surface area (Å²) < 4.78 is 62.1. The van der Waals surface area contributed by atoms with E-state index in [1.54, 1.807) is 31.2 Å². The van der Waals surface area contributed by atoms with Crippen LogP contribution in [0.25, 0.3) is 0 Å². The first-order valence-corrected chi connectivity index (χ1v) is 9.38. The zero-order valence-electron chi connectivity index (χ0n) is 14.6. The van der Waals surface area contributed by atoms with E-state index in [2.05, 4.69) is 5.16 Å². The average molecular weight is 455 g/mol. The van der Waals surface area contributed by atoms with E-state index in [0.29, 0.717) is 5.02 Å². The van der Waals surface area contributed by atoms with E-state index in [-0.39, 0.29) is 16.3 Å². The minimum absolute atomic E-state index is 0.0886. The van der Waals surface area contributed by atoms with Gasteiger partial charge in [-0.25, -0.2) is 0 Å². The lowest BCUT2D eigenvalue weighted by molar-refractivity contribution is -0.137. The third-order valence-corrected chi connectivity index (χ3v) is 3.85. The fourth-order valence-electron chi connectivity index (χ4n) is 2.06. The van der Waals surface area contributed by atoms with Crippen LogP contribution in [0.2, 0.25) is 10.0 Å². The van der Waals surface area contributed by atoms with Crippen LogP contribution in [0.15, 0.2) is 47.6 Å². The van der Waals surface area contributed by atoms with E-state index in [4.69, 9.17) is 41.2 Å². The van der Waals surface area contributed by atoms with Crippen molar-refractivity contribution in [2.75, 3.05) is 0 Å². The topological polar surface area (TPSA) is 79.6 Å². The van der Waals surface area contributed by atoms with Crippen LogP contribution in [-0.4, -0.2) is 14.1 Å². The highest BCUT2D eigenvalue weighted by atomic mass is 35.5. The first kappa shape index (κ1) is 23.9.